The monoisotopic (exact) mass is 502 g/mol. The average molecular weight is 503 g/mol. The van der Waals surface area contributed by atoms with Crippen molar-refractivity contribution in [2.45, 2.75) is 125 Å². The summed E-state index contributed by atoms with van der Waals surface area (Å²) < 4.78 is 0. The number of nitrogens with zero attached hydrogens (tertiary/aromatic N) is 1. The molecule has 4 saturated carbocycles. The lowest BCUT2D eigenvalue weighted by molar-refractivity contribution is 0.0430. The number of hydrogen-bond donors (Lipinski definition) is 5. The predicted molar refractivity (Wildman–Crippen MR) is 146 cm³/mol. The van der Waals surface area contributed by atoms with Crippen molar-refractivity contribution in [2.75, 3.05) is 6.54 Å². The van der Waals surface area contributed by atoms with Gasteiger partial charge >= 0.3 is 0 Å². The van der Waals surface area contributed by atoms with Crippen LogP contribution in [0.4, 0.5) is 0 Å². The largest absolute Gasteiger partial charge is 0.387 e. The topological polar surface area (TPSA) is 103 Å². The second-order valence-electron chi connectivity index (χ2n) is 13.1. The molecule has 0 radical (unpaired) electrons. The molecule has 35 heavy (non-hydrogen) atoms. The molecule has 9 unspecified atom stereocenters. The van der Waals surface area contributed by atoms with Crippen LogP contribution in [0.3, 0.4) is 0 Å². The Labute approximate surface area is 217 Å². The van der Waals surface area contributed by atoms with Gasteiger partial charge in [-0.05, 0) is 93.8 Å². The van der Waals surface area contributed by atoms with Crippen LogP contribution in [0, 0.1) is 40.9 Å². The lowest BCUT2D eigenvalue weighted by Gasteiger charge is -2.46. The molecule has 6 aliphatic rings. The van der Waals surface area contributed by atoms with Gasteiger partial charge < -0.3 is 11.5 Å². The quantitative estimate of drug-likeness (QED) is 0.282. The van der Waals surface area contributed by atoms with Crippen molar-refractivity contribution in [3.05, 3.63) is 0 Å². The van der Waals surface area contributed by atoms with E-state index < -0.39 is 0 Å². The van der Waals surface area contributed by atoms with E-state index in [4.69, 9.17) is 16.9 Å². The zero-order valence-electron chi connectivity index (χ0n) is 21.7. The molecule has 7 heteroatoms. The molecule has 4 aliphatic carbocycles. The van der Waals surface area contributed by atoms with Crippen molar-refractivity contribution in [1.82, 2.24) is 15.8 Å². The first-order valence-electron chi connectivity index (χ1n) is 15.1. The molecule has 0 aromatic carbocycles. The van der Waals surface area contributed by atoms with Gasteiger partial charge in [0.1, 0.15) is 0 Å². The molecule has 0 spiro atoms. The van der Waals surface area contributed by atoms with Crippen LogP contribution in [0.15, 0.2) is 0 Å². The van der Waals surface area contributed by atoms with Crippen molar-refractivity contribution in [3.63, 3.8) is 0 Å². The van der Waals surface area contributed by atoms with Crippen molar-refractivity contribution in [1.29, 1.82) is 5.41 Å². The zero-order valence-corrected chi connectivity index (χ0v) is 22.5. The fraction of sp³-hybridized carbons (Fsp3) is 0.964. The molecular weight excluding hydrogens is 452 g/mol. The summed E-state index contributed by atoms with van der Waals surface area (Å²) in [6, 6.07) is 1.65. The Morgan fingerprint density at radius 2 is 1.51 bits per heavy atom. The van der Waals surface area contributed by atoms with Gasteiger partial charge in [0.15, 0.2) is 0 Å². The van der Waals surface area contributed by atoms with E-state index in [1.54, 1.807) is 0 Å². The Morgan fingerprint density at radius 3 is 2.34 bits per heavy atom. The SMILES string of the molecule is N=C(N)C1CCC2CC(C3NNC(C4CCC(N)CC4)S3)N(CC3CCCC4CCCCC43)C2C1. The minimum atomic E-state index is 0.299. The smallest absolute Gasteiger partial charge is 0.0937 e. The number of nitrogens with one attached hydrogen (secondary N) is 3. The molecule has 6 rings (SSSR count). The molecule has 2 saturated heterocycles. The Morgan fingerprint density at radius 1 is 0.771 bits per heavy atom. The number of rotatable bonds is 5. The lowest BCUT2D eigenvalue weighted by Crippen LogP contribution is -2.52. The van der Waals surface area contributed by atoms with Crippen molar-refractivity contribution in [3.8, 4) is 0 Å². The minimum Gasteiger partial charge on any atom is -0.387 e. The average Bonchev–Trinajstić information content (AvgIpc) is 3.50. The Balaban J connectivity index is 1.18. The summed E-state index contributed by atoms with van der Waals surface area (Å²) in [6.45, 7) is 1.29. The van der Waals surface area contributed by atoms with Crippen LogP contribution in [-0.4, -0.2) is 46.2 Å². The Kier molecular flexibility index (Phi) is 7.70. The van der Waals surface area contributed by atoms with E-state index in [0.717, 1.165) is 42.4 Å². The van der Waals surface area contributed by atoms with E-state index in [1.807, 2.05) is 0 Å². The highest BCUT2D eigenvalue weighted by Crippen LogP contribution is 2.49. The zero-order chi connectivity index (χ0) is 23.9. The summed E-state index contributed by atoms with van der Waals surface area (Å²) >= 11 is 2.19. The fourth-order valence-electron chi connectivity index (χ4n) is 9.26. The molecule has 0 amide bonds. The van der Waals surface area contributed by atoms with Gasteiger partial charge in [-0.15, -0.1) is 11.8 Å². The molecule has 9 atom stereocenters. The summed E-state index contributed by atoms with van der Waals surface area (Å²) in [5, 5.41) is 9.18. The number of fused-ring (bicyclic) bond motifs is 2. The van der Waals surface area contributed by atoms with Crippen molar-refractivity contribution >= 4 is 17.6 Å². The number of likely N-dealkylation sites (tertiary alicyclic amines) is 1. The highest BCUT2D eigenvalue weighted by atomic mass is 32.2. The van der Waals surface area contributed by atoms with E-state index in [-0.39, 0.29) is 0 Å². The number of thioether (sulfide) groups is 1. The molecule has 2 heterocycles. The van der Waals surface area contributed by atoms with Crippen molar-refractivity contribution in [2.24, 2.45) is 47.0 Å². The third-order valence-corrected chi connectivity index (χ3v) is 12.7. The van der Waals surface area contributed by atoms with Gasteiger partial charge in [0.2, 0.25) is 0 Å². The number of nitrogens with two attached hydrogens (primary N) is 2. The van der Waals surface area contributed by atoms with E-state index in [0.29, 0.717) is 40.6 Å². The van der Waals surface area contributed by atoms with E-state index in [1.165, 1.54) is 90.0 Å². The second kappa shape index (κ2) is 10.8. The van der Waals surface area contributed by atoms with Gasteiger partial charge in [-0.1, -0.05) is 32.1 Å². The lowest BCUT2D eigenvalue weighted by atomic mass is 9.65. The highest BCUT2D eigenvalue weighted by molar-refractivity contribution is 8.00. The van der Waals surface area contributed by atoms with E-state index >= 15 is 0 Å². The molecule has 6 nitrogen and oxygen atoms in total. The van der Waals surface area contributed by atoms with Crippen LogP contribution in [0.1, 0.15) is 96.3 Å². The third kappa shape index (κ3) is 5.19. The highest BCUT2D eigenvalue weighted by Gasteiger charge is 2.50. The van der Waals surface area contributed by atoms with Crippen LogP contribution in [0.2, 0.25) is 0 Å². The summed E-state index contributed by atoms with van der Waals surface area (Å²) in [6.07, 6.45) is 20.0. The molecular formula is C28H50N6S. The van der Waals surface area contributed by atoms with Gasteiger partial charge in [0, 0.05) is 30.6 Å². The maximum absolute atomic E-state index is 8.17. The molecule has 2 aliphatic heterocycles. The summed E-state index contributed by atoms with van der Waals surface area (Å²) in [7, 11) is 0. The molecule has 6 fully saturated rings. The van der Waals surface area contributed by atoms with Gasteiger partial charge in [-0.3, -0.25) is 10.3 Å². The first kappa shape index (κ1) is 25.0. The minimum absolute atomic E-state index is 0.299. The van der Waals surface area contributed by atoms with Crippen LogP contribution in [-0.2, 0) is 0 Å². The Hall–Kier alpha value is -0.340. The summed E-state index contributed by atoms with van der Waals surface area (Å²) in [5.41, 5.74) is 19.8. The number of hydrogen-bond acceptors (Lipinski definition) is 6. The third-order valence-electron chi connectivity index (χ3n) is 11.2. The summed E-state index contributed by atoms with van der Waals surface area (Å²) in [5.74, 6) is 5.11. The maximum atomic E-state index is 8.17. The molecule has 7 N–H and O–H groups in total. The van der Waals surface area contributed by atoms with Crippen LogP contribution in [0.5, 0.6) is 0 Å². The number of amidine groups is 1. The van der Waals surface area contributed by atoms with Gasteiger partial charge in [0.25, 0.3) is 0 Å². The molecule has 0 bridgehead atoms. The molecule has 198 valence electrons. The first-order chi connectivity index (χ1) is 17.1. The normalized spacial score (nSPS) is 48.9. The Bertz CT molecular complexity index is 739. The maximum Gasteiger partial charge on any atom is 0.0937 e. The second-order valence-corrected chi connectivity index (χ2v) is 14.4. The standard InChI is InChI=1S/C28H50N6S/c29-22-12-10-18(11-13-22)27-32-33-28(35-27)25-14-19-8-9-20(26(30)31)15-24(19)34(25)16-21-6-3-5-17-4-1-2-7-23(17)21/h17-25,27-28,32-33H,1-16,29H2,(H3,30,31). The van der Waals surface area contributed by atoms with Crippen LogP contribution in [0.25, 0.3) is 0 Å². The van der Waals surface area contributed by atoms with Crippen LogP contribution >= 0.6 is 11.8 Å². The van der Waals surface area contributed by atoms with Gasteiger partial charge in [0.05, 0.1) is 16.6 Å². The number of hydrazine groups is 1. The van der Waals surface area contributed by atoms with E-state index in [9.17, 15) is 0 Å². The molecule has 0 aromatic heterocycles. The first-order valence-corrected chi connectivity index (χ1v) is 16.0. The van der Waals surface area contributed by atoms with Crippen LogP contribution < -0.4 is 22.3 Å². The molecule has 0 aromatic rings. The van der Waals surface area contributed by atoms with E-state index in [2.05, 4.69) is 27.5 Å². The van der Waals surface area contributed by atoms with Crippen molar-refractivity contribution < 1.29 is 0 Å². The van der Waals surface area contributed by atoms with Gasteiger partial charge in [-0.2, -0.15) is 0 Å². The van der Waals surface area contributed by atoms with Gasteiger partial charge in [-0.25, -0.2) is 10.9 Å². The fourth-order valence-corrected chi connectivity index (χ4v) is 10.8. The summed E-state index contributed by atoms with van der Waals surface area (Å²) in [4.78, 5) is 2.98. The predicted octanol–water partition coefficient (Wildman–Crippen LogP) is 4.40.